The summed E-state index contributed by atoms with van der Waals surface area (Å²) in [7, 11) is 0. The number of ether oxygens (including phenoxy) is 2. The molecule has 4 rings (SSSR count). The van der Waals surface area contributed by atoms with Gasteiger partial charge in [0, 0.05) is 11.6 Å². The molecule has 1 N–H and O–H groups in total. The van der Waals surface area contributed by atoms with Crippen LogP contribution in [0.4, 0.5) is 13.9 Å². The third kappa shape index (κ3) is 2.98. The maximum atomic E-state index is 13.7. The lowest BCUT2D eigenvalue weighted by molar-refractivity contribution is 0.102. The van der Waals surface area contributed by atoms with E-state index >= 15 is 0 Å². The highest BCUT2D eigenvalue weighted by atomic mass is 35.5. The Hall–Kier alpha value is -2.45. The van der Waals surface area contributed by atoms with Crippen LogP contribution in [0.15, 0.2) is 24.3 Å². The van der Waals surface area contributed by atoms with E-state index in [2.05, 4.69) is 10.3 Å². The van der Waals surface area contributed by atoms with Gasteiger partial charge < -0.3 is 9.47 Å². The summed E-state index contributed by atoms with van der Waals surface area (Å²) in [5, 5.41) is 2.95. The van der Waals surface area contributed by atoms with Crippen LogP contribution >= 0.6 is 22.9 Å². The molecule has 1 aromatic heterocycles. The van der Waals surface area contributed by atoms with Crippen LogP contribution in [0.3, 0.4) is 0 Å². The molecule has 5 nitrogen and oxygen atoms in total. The fourth-order valence-electron chi connectivity index (χ4n) is 2.42. The summed E-state index contributed by atoms with van der Waals surface area (Å²) in [6.07, 6.45) is 0. The van der Waals surface area contributed by atoms with Crippen molar-refractivity contribution in [2.75, 3.05) is 18.5 Å². The minimum Gasteiger partial charge on any atom is -0.486 e. The third-order valence-electron chi connectivity index (χ3n) is 3.49. The molecule has 0 bridgehead atoms. The summed E-state index contributed by atoms with van der Waals surface area (Å²) in [6.45, 7) is 0.739. The lowest BCUT2D eigenvalue weighted by Gasteiger charge is -2.20. The Bertz CT molecular complexity index is 1010. The number of halogens is 3. The Morgan fingerprint density at radius 2 is 2.00 bits per heavy atom. The van der Waals surface area contributed by atoms with Gasteiger partial charge in [0.1, 0.15) is 24.5 Å². The molecule has 1 aliphatic heterocycles. The molecule has 2 aromatic carbocycles. The number of hydrogen-bond acceptors (Lipinski definition) is 5. The molecule has 1 amide bonds. The van der Waals surface area contributed by atoms with Crippen molar-refractivity contribution in [3.63, 3.8) is 0 Å². The number of fused-ring (bicyclic) bond motifs is 2. The number of nitrogens with one attached hydrogen (secondary N) is 1. The molecule has 0 spiro atoms. The van der Waals surface area contributed by atoms with E-state index < -0.39 is 17.5 Å². The van der Waals surface area contributed by atoms with Crippen LogP contribution < -0.4 is 14.8 Å². The second-order valence-corrected chi connectivity index (χ2v) is 6.63. The molecule has 2 heterocycles. The maximum Gasteiger partial charge on any atom is 0.257 e. The van der Waals surface area contributed by atoms with Gasteiger partial charge in [-0.2, -0.15) is 0 Å². The first kappa shape index (κ1) is 16.0. The van der Waals surface area contributed by atoms with Crippen LogP contribution in [0, 0.1) is 11.6 Å². The van der Waals surface area contributed by atoms with Crippen molar-refractivity contribution in [2.45, 2.75) is 0 Å². The van der Waals surface area contributed by atoms with E-state index in [0.29, 0.717) is 29.4 Å². The number of carbonyl (C=O) groups excluding carboxylic acids is 1. The Balaban J connectivity index is 1.64. The number of nitrogens with zero attached hydrogens (tertiary/aromatic N) is 1. The lowest BCUT2D eigenvalue weighted by atomic mass is 10.2. The van der Waals surface area contributed by atoms with Gasteiger partial charge in [-0.25, -0.2) is 13.8 Å². The first-order valence-electron chi connectivity index (χ1n) is 7.17. The highest BCUT2D eigenvalue weighted by molar-refractivity contribution is 7.22. The summed E-state index contributed by atoms with van der Waals surface area (Å²) in [4.78, 5) is 16.4. The maximum absolute atomic E-state index is 13.7. The number of aromatic nitrogens is 1. The van der Waals surface area contributed by atoms with Crippen molar-refractivity contribution in [3.8, 4) is 11.5 Å². The van der Waals surface area contributed by atoms with Crippen LogP contribution in [0.25, 0.3) is 10.2 Å². The van der Waals surface area contributed by atoms with Gasteiger partial charge >= 0.3 is 0 Å². The van der Waals surface area contributed by atoms with E-state index in [1.165, 1.54) is 12.1 Å². The van der Waals surface area contributed by atoms with Gasteiger partial charge in [0.15, 0.2) is 22.4 Å². The molecule has 0 fully saturated rings. The second-order valence-electron chi connectivity index (χ2n) is 5.19. The van der Waals surface area contributed by atoms with E-state index in [-0.39, 0.29) is 21.2 Å². The minimum atomic E-state index is -0.783. The smallest absolute Gasteiger partial charge is 0.257 e. The summed E-state index contributed by atoms with van der Waals surface area (Å²) >= 11 is 7.08. The first-order chi connectivity index (χ1) is 12.0. The zero-order valence-corrected chi connectivity index (χ0v) is 14.0. The quantitative estimate of drug-likeness (QED) is 0.719. The summed E-state index contributed by atoms with van der Waals surface area (Å²) in [6, 6.07) is 4.85. The number of rotatable bonds is 2. The van der Waals surface area contributed by atoms with Gasteiger partial charge in [-0.3, -0.25) is 10.1 Å². The molecule has 25 heavy (non-hydrogen) atoms. The average molecular weight is 383 g/mol. The number of benzene rings is 2. The van der Waals surface area contributed by atoms with Crippen molar-refractivity contribution < 1.29 is 23.0 Å². The predicted molar refractivity (Wildman–Crippen MR) is 89.9 cm³/mol. The van der Waals surface area contributed by atoms with Crippen molar-refractivity contribution in [1.29, 1.82) is 0 Å². The SMILES string of the molecule is O=C(Nc1nc2c(F)cc(F)cc2s1)c1cc(Cl)c2c(c1)OCCO2. The number of anilines is 1. The van der Waals surface area contributed by atoms with Crippen molar-refractivity contribution >= 4 is 44.2 Å². The molecule has 1 aliphatic rings. The van der Waals surface area contributed by atoms with E-state index in [4.69, 9.17) is 21.1 Å². The summed E-state index contributed by atoms with van der Waals surface area (Å²) in [5.41, 5.74) is 0.238. The van der Waals surface area contributed by atoms with Gasteiger partial charge in [-0.05, 0) is 18.2 Å². The Morgan fingerprint density at radius 3 is 2.84 bits per heavy atom. The van der Waals surface area contributed by atoms with Gasteiger partial charge in [0.25, 0.3) is 5.91 Å². The normalized spacial score (nSPS) is 13.1. The zero-order chi connectivity index (χ0) is 17.6. The fraction of sp³-hybridized carbons (Fsp3) is 0.125. The minimum absolute atomic E-state index is 0.00177. The molecule has 0 saturated heterocycles. The summed E-state index contributed by atoms with van der Waals surface area (Å²) < 4.78 is 38.1. The van der Waals surface area contributed by atoms with E-state index in [9.17, 15) is 13.6 Å². The van der Waals surface area contributed by atoms with Gasteiger partial charge in [-0.15, -0.1) is 0 Å². The largest absolute Gasteiger partial charge is 0.486 e. The second kappa shape index (κ2) is 6.12. The Kier molecular flexibility index (Phi) is 3.93. The molecule has 0 unspecified atom stereocenters. The van der Waals surface area contributed by atoms with Crippen molar-refractivity contribution in [2.24, 2.45) is 0 Å². The average Bonchev–Trinajstić information content (AvgIpc) is 2.97. The van der Waals surface area contributed by atoms with E-state index in [1.54, 1.807) is 0 Å². The Labute approximate surface area is 149 Å². The van der Waals surface area contributed by atoms with Gasteiger partial charge in [0.05, 0.1) is 9.72 Å². The molecular formula is C16H9ClF2N2O3S. The van der Waals surface area contributed by atoms with Crippen molar-refractivity contribution in [3.05, 3.63) is 46.5 Å². The lowest BCUT2D eigenvalue weighted by Crippen LogP contribution is -2.17. The number of carbonyl (C=O) groups is 1. The first-order valence-corrected chi connectivity index (χ1v) is 8.37. The highest BCUT2D eigenvalue weighted by Crippen LogP contribution is 2.38. The number of amides is 1. The molecular weight excluding hydrogens is 374 g/mol. The van der Waals surface area contributed by atoms with Crippen LogP contribution in [0.2, 0.25) is 5.02 Å². The van der Waals surface area contributed by atoms with Crippen LogP contribution in [-0.4, -0.2) is 24.1 Å². The van der Waals surface area contributed by atoms with Gasteiger partial charge in [-0.1, -0.05) is 22.9 Å². The van der Waals surface area contributed by atoms with Crippen LogP contribution in [0.5, 0.6) is 11.5 Å². The fourth-order valence-corrected chi connectivity index (χ4v) is 3.59. The van der Waals surface area contributed by atoms with Crippen molar-refractivity contribution in [1.82, 2.24) is 4.98 Å². The van der Waals surface area contributed by atoms with Crippen LogP contribution in [-0.2, 0) is 0 Å². The summed E-state index contributed by atoms with van der Waals surface area (Å²) in [5.74, 6) is -1.22. The molecule has 0 atom stereocenters. The topological polar surface area (TPSA) is 60.5 Å². The van der Waals surface area contributed by atoms with Gasteiger partial charge in [0.2, 0.25) is 0 Å². The predicted octanol–water partition coefficient (Wildman–Crippen LogP) is 4.25. The Morgan fingerprint density at radius 1 is 1.20 bits per heavy atom. The number of hydrogen-bond donors (Lipinski definition) is 1. The molecule has 9 heteroatoms. The highest BCUT2D eigenvalue weighted by Gasteiger charge is 2.20. The van der Waals surface area contributed by atoms with E-state index in [1.807, 2.05) is 0 Å². The molecule has 0 saturated carbocycles. The van der Waals surface area contributed by atoms with Crippen LogP contribution in [0.1, 0.15) is 10.4 Å². The molecule has 0 radical (unpaired) electrons. The zero-order valence-electron chi connectivity index (χ0n) is 12.4. The standard InChI is InChI=1S/C16H9ClF2N2O3S/c17-9-3-7(4-11-14(9)24-2-1-23-11)15(22)21-16-20-13-10(19)5-8(18)6-12(13)25-16/h3-6H,1-2H2,(H,20,21,22). The molecule has 3 aromatic rings. The monoisotopic (exact) mass is 382 g/mol. The third-order valence-corrected chi connectivity index (χ3v) is 4.69. The molecule has 128 valence electrons. The number of thiazole rings is 1. The van der Waals surface area contributed by atoms with E-state index in [0.717, 1.165) is 23.5 Å². The molecule has 0 aliphatic carbocycles.